The van der Waals surface area contributed by atoms with Gasteiger partial charge in [0.05, 0.1) is 6.04 Å². The van der Waals surface area contributed by atoms with Crippen molar-refractivity contribution in [3.63, 3.8) is 0 Å². The maximum atomic E-state index is 10.9. The van der Waals surface area contributed by atoms with E-state index >= 15 is 0 Å². The Labute approximate surface area is 147 Å². The molecule has 0 spiro atoms. The Kier molecular flexibility index (Phi) is 5.33. The van der Waals surface area contributed by atoms with Crippen molar-refractivity contribution in [3.8, 4) is 5.75 Å². The van der Waals surface area contributed by atoms with E-state index in [1.54, 1.807) is 0 Å². The second-order valence-corrected chi connectivity index (χ2v) is 6.68. The summed E-state index contributed by atoms with van der Waals surface area (Å²) in [6.45, 7) is 5.73. The summed E-state index contributed by atoms with van der Waals surface area (Å²) in [5.74, 6) is 1.85. The van der Waals surface area contributed by atoms with Crippen LogP contribution in [0.5, 0.6) is 5.75 Å². The number of hydrogen-bond acceptors (Lipinski definition) is 6. The first-order chi connectivity index (χ1) is 12.0. The molecular formula is C18H24N4O3. The Morgan fingerprint density at radius 2 is 2.32 bits per heavy atom. The van der Waals surface area contributed by atoms with Crippen molar-refractivity contribution in [2.75, 3.05) is 13.2 Å². The molecule has 0 bridgehead atoms. The van der Waals surface area contributed by atoms with Crippen molar-refractivity contribution in [1.82, 2.24) is 15.0 Å². The van der Waals surface area contributed by atoms with Crippen LogP contribution >= 0.6 is 0 Å². The second kappa shape index (κ2) is 7.65. The average Bonchev–Trinajstić information content (AvgIpc) is 3.22. The Morgan fingerprint density at radius 3 is 3.04 bits per heavy atom. The van der Waals surface area contributed by atoms with Crippen molar-refractivity contribution in [2.24, 2.45) is 5.73 Å². The lowest BCUT2D eigenvalue weighted by atomic mass is 10.1. The highest BCUT2D eigenvalue weighted by atomic mass is 16.5. The summed E-state index contributed by atoms with van der Waals surface area (Å²) in [5.41, 5.74) is 6.23. The molecule has 134 valence electrons. The summed E-state index contributed by atoms with van der Waals surface area (Å²) in [7, 11) is 0. The first kappa shape index (κ1) is 17.4. The van der Waals surface area contributed by atoms with Crippen LogP contribution in [0.1, 0.15) is 55.9 Å². The number of nitrogens with zero attached hydrogens (tertiary/aromatic N) is 3. The molecular weight excluding hydrogens is 320 g/mol. The maximum Gasteiger partial charge on any atom is 0.255 e. The molecule has 1 aromatic heterocycles. The molecule has 0 saturated carbocycles. The van der Waals surface area contributed by atoms with Gasteiger partial charge in [0.25, 0.3) is 5.91 Å². The van der Waals surface area contributed by atoms with Gasteiger partial charge in [-0.05, 0) is 37.1 Å². The van der Waals surface area contributed by atoms with Crippen LogP contribution in [-0.2, 0) is 11.3 Å². The first-order valence-electron chi connectivity index (χ1n) is 8.60. The van der Waals surface area contributed by atoms with Crippen molar-refractivity contribution >= 4 is 5.91 Å². The minimum atomic E-state index is -0.483. The standard InChI is InChI=1S/C18H24N4O3/c1-12(2)18-20-17(21-25-18)15-7-4-8-22(15)10-13-5-3-6-14(9-13)24-11-16(19)23/h3,5-6,9,12,15H,4,7-8,10-11H2,1-2H3,(H2,19,23)/t15-/m1/s1. The number of aromatic nitrogens is 2. The predicted molar refractivity (Wildman–Crippen MR) is 91.9 cm³/mol. The lowest BCUT2D eigenvalue weighted by molar-refractivity contribution is -0.119. The highest BCUT2D eigenvalue weighted by molar-refractivity contribution is 5.75. The molecule has 0 unspecified atom stereocenters. The molecule has 0 radical (unpaired) electrons. The van der Waals surface area contributed by atoms with Crippen LogP contribution in [0.3, 0.4) is 0 Å². The molecule has 2 N–H and O–H groups in total. The first-order valence-corrected chi connectivity index (χ1v) is 8.60. The number of likely N-dealkylation sites (tertiary alicyclic amines) is 1. The van der Waals surface area contributed by atoms with Gasteiger partial charge in [-0.3, -0.25) is 9.69 Å². The van der Waals surface area contributed by atoms with Crippen LogP contribution in [0, 0.1) is 0 Å². The number of amides is 1. The van der Waals surface area contributed by atoms with Crippen LogP contribution in [0.2, 0.25) is 0 Å². The minimum absolute atomic E-state index is 0.114. The molecule has 1 aliphatic heterocycles. The lowest BCUT2D eigenvalue weighted by Gasteiger charge is -2.22. The van der Waals surface area contributed by atoms with Gasteiger partial charge in [-0.15, -0.1) is 0 Å². The van der Waals surface area contributed by atoms with Crippen molar-refractivity contribution in [1.29, 1.82) is 0 Å². The number of primary amides is 1. The topological polar surface area (TPSA) is 94.5 Å². The van der Waals surface area contributed by atoms with Crippen LogP contribution in [0.25, 0.3) is 0 Å². The molecule has 1 atom stereocenters. The zero-order valence-electron chi connectivity index (χ0n) is 14.6. The second-order valence-electron chi connectivity index (χ2n) is 6.68. The van der Waals surface area contributed by atoms with Crippen molar-refractivity contribution in [3.05, 3.63) is 41.5 Å². The molecule has 7 heteroatoms. The van der Waals surface area contributed by atoms with Crippen LogP contribution in [-0.4, -0.2) is 34.1 Å². The van der Waals surface area contributed by atoms with E-state index in [2.05, 4.69) is 15.0 Å². The van der Waals surface area contributed by atoms with E-state index in [1.165, 1.54) is 0 Å². The van der Waals surface area contributed by atoms with Gasteiger partial charge in [-0.25, -0.2) is 0 Å². The third-order valence-corrected chi connectivity index (χ3v) is 4.28. The Balaban J connectivity index is 1.68. The summed E-state index contributed by atoms with van der Waals surface area (Å²) in [4.78, 5) is 17.8. The SMILES string of the molecule is CC(C)c1nc([C@H]2CCCN2Cc2cccc(OCC(N)=O)c2)no1. The molecule has 1 saturated heterocycles. The molecule has 7 nitrogen and oxygen atoms in total. The van der Waals surface area contributed by atoms with Gasteiger partial charge in [-0.1, -0.05) is 31.1 Å². The number of nitrogens with two attached hydrogens (primary N) is 1. The molecule has 1 fully saturated rings. The van der Waals surface area contributed by atoms with E-state index < -0.39 is 5.91 Å². The fourth-order valence-electron chi connectivity index (χ4n) is 3.05. The molecule has 2 heterocycles. The molecule has 1 aliphatic rings. The van der Waals surface area contributed by atoms with Crippen LogP contribution in [0.15, 0.2) is 28.8 Å². The van der Waals surface area contributed by atoms with Crippen LogP contribution in [0.4, 0.5) is 0 Å². The van der Waals surface area contributed by atoms with E-state index in [-0.39, 0.29) is 18.6 Å². The summed E-state index contributed by atoms with van der Waals surface area (Å²) in [5, 5.41) is 4.17. The summed E-state index contributed by atoms with van der Waals surface area (Å²) < 4.78 is 10.7. The van der Waals surface area contributed by atoms with Gasteiger partial charge >= 0.3 is 0 Å². The van der Waals surface area contributed by atoms with Crippen LogP contribution < -0.4 is 10.5 Å². The highest BCUT2D eigenvalue weighted by Gasteiger charge is 2.30. The van der Waals surface area contributed by atoms with E-state index in [0.717, 1.165) is 37.3 Å². The quantitative estimate of drug-likeness (QED) is 0.829. The Hall–Kier alpha value is -2.41. The minimum Gasteiger partial charge on any atom is -0.484 e. The molecule has 0 aliphatic carbocycles. The molecule has 1 aromatic carbocycles. The number of benzene rings is 1. The monoisotopic (exact) mass is 344 g/mol. The van der Waals surface area contributed by atoms with E-state index in [4.69, 9.17) is 15.0 Å². The maximum absolute atomic E-state index is 10.9. The summed E-state index contributed by atoms with van der Waals surface area (Å²) in [6.07, 6.45) is 2.13. The molecule has 3 rings (SSSR count). The van der Waals surface area contributed by atoms with E-state index in [9.17, 15) is 4.79 Å². The number of carbonyl (C=O) groups is 1. The smallest absolute Gasteiger partial charge is 0.255 e. The summed E-state index contributed by atoms with van der Waals surface area (Å²) >= 11 is 0. The third kappa shape index (κ3) is 4.36. The van der Waals surface area contributed by atoms with Gasteiger partial charge in [0.2, 0.25) is 5.89 Å². The van der Waals surface area contributed by atoms with Gasteiger partial charge in [0.1, 0.15) is 5.75 Å². The third-order valence-electron chi connectivity index (χ3n) is 4.28. The predicted octanol–water partition coefficient (Wildman–Crippen LogP) is 2.39. The van der Waals surface area contributed by atoms with Crippen molar-refractivity contribution in [2.45, 2.75) is 45.2 Å². The van der Waals surface area contributed by atoms with Gasteiger partial charge in [-0.2, -0.15) is 4.98 Å². The average molecular weight is 344 g/mol. The zero-order chi connectivity index (χ0) is 17.8. The normalized spacial score (nSPS) is 18.0. The number of ether oxygens (including phenoxy) is 1. The zero-order valence-corrected chi connectivity index (χ0v) is 14.6. The lowest BCUT2D eigenvalue weighted by Crippen LogP contribution is -2.23. The van der Waals surface area contributed by atoms with Crippen molar-refractivity contribution < 1.29 is 14.1 Å². The molecule has 1 amide bonds. The highest BCUT2D eigenvalue weighted by Crippen LogP contribution is 2.32. The Bertz CT molecular complexity index is 729. The number of carbonyl (C=O) groups excluding carboxylic acids is 1. The number of hydrogen-bond donors (Lipinski definition) is 1. The Morgan fingerprint density at radius 1 is 1.48 bits per heavy atom. The summed E-state index contributed by atoms with van der Waals surface area (Å²) in [6, 6.07) is 7.90. The van der Waals surface area contributed by atoms with E-state index in [0.29, 0.717) is 11.6 Å². The van der Waals surface area contributed by atoms with Gasteiger partial charge in [0, 0.05) is 12.5 Å². The molecule has 25 heavy (non-hydrogen) atoms. The van der Waals surface area contributed by atoms with Gasteiger partial charge in [0.15, 0.2) is 12.4 Å². The van der Waals surface area contributed by atoms with E-state index in [1.807, 2.05) is 38.1 Å². The largest absolute Gasteiger partial charge is 0.484 e. The molecule has 2 aromatic rings. The fourth-order valence-corrected chi connectivity index (χ4v) is 3.05. The fraction of sp³-hybridized carbons (Fsp3) is 0.500. The van der Waals surface area contributed by atoms with Gasteiger partial charge < -0.3 is 15.0 Å². The number of rotatable bonds is 7.